The molecule has 1 unspecified atom stereocenters. The van der Waals surface area contributed by atoms with Gasteiger partial charge in [0.15, 0.2) is 0 Å². The molecule has 0 radical (unpaired) electrons. The predicted molar refractivity (Wildman–Crippen MR) is 79.1 cm³/mol. The molecule has 1 aliphatic rings. The topological polar surface area (TPSA) is 43.4 Å². The number of rotatable bonds is 4. The number of benzene rings is 1. The Kier molecular flexibility index (Phi) is 4.65. The van der Waals surface area contributed by atoms with Crippen LogP contribution in [0, 0.1) is 5.41 Å². The maximum Gasteiger partial charge on any atom is 0.307 e. The molecule has 0 saturated carbocycles. The molecular weight excluding hydrogens is 272 g/mol. The van der Waals surface area contributed by atoms with E-state index in [-0.39, 0.29) is 5.97 Å². The van der Waals surface area contributed by atoms with Crippen LogP contribution >= 0.6 is 11.8 Å². The highest BCUT2D eigenvalue weighted by Gasteiger charge is 2.33. The number of hydrogen-bond donors (Lipinski definition) is 0. The minimum absolute atomic E-state index is 0.332. The van der Waals surface area contributed by atoms with Gasteiger partial charge < -0.3 is 9.53 Å². The first-order chi connectivity index (χ1) is 9.52. The van der Waals surface area contributed by atoms with Gasteiger partial charge in [-0.25, -0.2) is 0 Å². The van der Waals surface area contributed by atoms with Crippen molar-refractivity contribution in [3.63, 3.8) is 0 Å². The summed E-state index contributed by atoms with van der Waals surface area (Å²) in [6.45, 7) is 3.30. The quantitative estimate of drug-likeness (QED) is 0.622. The number of allylic oxidation sites excluding steroid dienone is 2. The number of carbonyl (C=O) groups is 2. The lowest BCUT2D eigenvalue weighted by Gasteiger charge is -2.30. The first-order valence-corrected chi connectivity index (χ1v) is 7.44. The van der Waals surface area contributed by atoms with Crippen molar-refractivity contribution in [2.45, 2.75) is 38.0 Å². The van der Waals surface area contributed by atoms with Gasteiger partial charge in [-0.1, -0.05) is 36.9 Å². The fraction of sp³-hybridized carbons (Fsp3) is 0.375. The first-order valence-electron chi connectivity index (χ1n) is 6.62. The Balaban J connectivity index is 2.25. The lowest BCUT2D eigenvalue weighted by Crippen LogP contribution is -2.24. The zero-order valence-corrected chi connectivity index (χ0v) is 12.5. The van der Waals surface area contributed by atoms with E-state index in [0.29, 0.717) is 12.2 Å². The van der Waals surface area contributed by atoms with Crippen LogP contribution in [0.2, 0.25) is 0 Å². The monoisotopic (exact) mass is 290 g/mol. The van der Waals surface area contributed by atoms with Crippen LogP contribution < -0.4 is 0 Å². The summed E-state index contributed by atoms with van der Waals surface area (Å²) >= 11 is 1.61. The summed E-state index contributed by atoms with van der Waals surface area (Å²) < 4.78 is 5.33. The van der Waals surface area contributed by atoms with Gasteiger partial charge in [-0.3, -0.25) is 4.79 Å². The van der Waals surface area contributed by atoms with E-state index in [9.17, 15) is 9.59 Å². The fourth-order valence-corrected chi connectivity index (χ4v) is 3.21. The second-order valence-corrected chi connectivity index (χ2v) is 6.47. The Morgan fingerprint density at radius 1 is 1.35 bits per heavy atom. The molecule has 0 amide bonds. The molecule has 20 heavy (non-hydrogen) atoms. The molecule has 0 N–H and O–H groups in total. The van der Waals surface area contributed by atoms with Crippen LogP contribution in [0.1, 0.15) is 33.1 Å². The van der Waals surface area contributed by atoms with E-state index < -0.39 is 5.41 Å². The molecule has 4 heteroatoms. The Morgan fingerprint density at radius 2 is 2.05 bits per heavy atom. The van der Waals surface area contributed by atoms with E-state index >= 15 is 0 Å². The van der Waals surface area contributed by atoms with Gasteiger partial charge in [-0.05, 0) is 25.0 Å². The van der Waals surface area contributed by atoms with E-state index in [4.69, 9.17) is 4.74 Å². The Labute approximate surface area is 123 Å². The van der Waals surface area contributed by atoms with E-state index in [1.54, 1.807) is 11.8 Å². The van der Waals surface area contributed by atoms with Crippen LogP contribution in [0.15, 0.2) is 45.9 Å². The number of esters is 1. The van der Waals surface area contributed by atoms with E-state index in [1.165, 1.54) is 6.92 Å². The zero-order valence-electron chi connectivity index (χ0n) is 11.7. The van der Waals surface area contributed by atoms with Gasteiger partial charge in [0, 0.05) is 28.6 Å². The highest BCUT2D eigenvalue weighted by atomic mass is 32.2. The molecule has 1 aromatic carbocycles. The van der Waals surface area contributed by atoms with Crippen LogP contribution in [0.4, 0.5) is 0 Å². The van der Waals surface area contributed by atoms with Crippen LogP contribution in [-0.4, -0.2) is 12.3 Å². The van der Waals surface area contributed by atoms with Crippen molar-refractivity contribution in [1.82, 2.24) is 0 Å². The molecule has 0 saturated heterocycles. The normalized spacial score (nSPS) is 22.5. The van der Waals surface area contributed by atoms with Crippen molar-refractivity contribution in [1.29, 1.82) is 0 Å². The second-order valence-electron chi connectivity index (χ2n) is 5.30. The predicted octanol–water partition coefficient (Wildman–Crippen LogP) is 3.94. The Bertz CT molecular complexity index is 536. The third kappa shape index (κ3) is 3.73. The van der Waals surface area contributed by atoms with Crippen molar-refractivity contribution < 1.29 is 14.3 Å². The minimum atomic E-state index is -0.425. The van der Waals surface area contributed by atoms with Crippen molar-refractivity contribution in [2.75, 3.05) is 0 Å². The van der Waals surface area contributed by atoms with Crippen LogP contribution in [0.5, 0.6) is 0 Å². The smallest absolute Gasteiger partial charge is 0.307 e. The third-order valence-electron chi connectivity index (χ3n) is 3.33. The highest BCUT2D eigenvalue weighted by molar-refractivity contribution is 8.03. The molecule has 0 spiro atoms. The third-order valence-corrected chi connectivity index (χ3v) is 4.52. The Hall–Kier alpha value is -1.55. The molecule has 0 aromatic heterocycles. The van der Waals surface area contributed by atoms with Gasteiger partial charge in [-0.15, -0.1) is 0 Å². The number of hydrogen-bond acceptors (Lipinski definition) is 4. The van der Waals surface area contributed by atoms with Gasteiger partial charge in [0.1, 0.15) is 12.0 Å². The second kappa shape index (κ2) is 6.27. The maximum atomic E-state index is 11.3. The molecule has 0 fully saturated rings. The maximum absolute atomic E-state index is 11.3. The summed E-state index contributed by atoms with van der Waals surface area (Å²) in [5.74, 6) is 0.313. The number of thioether (sulfide) groups is 1. The molecule has 0 aliphatic heterocycles. The van der Waals surface area contributed by atoms with Crippen LogP contribution in [0.3, 0.4) is 0 Å². The van der Waals surface area contributed by atoms with Crippen molar-refractivity contribution in [2.24, 2.45) is 5.41 Å². The Morgan fingerprint density at radius 3 is 2.65 bits per heavy atom. The summed E-state index contributed by atoms with van der Waals surface area (Å²) in [4.78, 5) is 24.6. The van der Waals surface area contributed by atoms with E-state index in [2.05, 4.69) is 0 Å². The van der Waals surface area contributed by atoms with Gasteiger partial charge >= 0.3 is 5.97 Å². The molecule has 0 bridgehead atoms. The molecule has 106 valence electrons. The number of carbonyl (C=O) groups excluding carboxylic acids is 2. The van der Waals surface area contributed by atoms with Crippen LogP contribution in [0.25, 0.3) is 0 Å². The summed E-state index contributed by atoms with van der Waals surface area (Å²) in [5, 5.41) is 0. The van der Waals surface area contributed by atoms with Crippen LogP contribution in [-0.2, 0) is 14.3 Å². The van der Waals surface area contributed by atoms with Gasteiger partial charge in [0.05, 0.1) is 0 Å². The largest absolute Gasteiger partial charge is 0.430 e. The zero-order chi connectivity index (χ0) is 14.6. The van der Waals surface area contributed by atoms with Crippen molar-refractivity contribution in [3.05, 3.63) is 41.0 Å². The highest BCUT2D eigenvalue weighted by Crippen LogP contribution is 2.44. The fourth-order valence-electron chi connectivity index (χ4n) is 2.20. The molecule has 2 rings (SSSR count). The van der Waals surface area contributed by atoms with Crippen molar-refractivity contribution in [3.8, 4) is 0 Å². The molecule has 0 heterocycles. The lowest BCUT2D eigenvalue weighted by atomic mass is 9.79. The summed E-state index contributed by atoms with van der Waals surface area (Å²) in [6, 6.07) is 9.97. The number of ether oxygens (including phenoxy) is 1. The average molecular weight is 290 g/mol. The molecule has 3 nitrogen and oxygen atoms in total. The molecule has 1 aromatic rings. The van der Waals surface area contributed by atoms with Crippen molar-refractivity contribution >= 4 is 24.0 Å². The SMILES string of the molecule is CC(=O)OC1=C(Sc2ccccc2)CCC(C)(C=O)C1. The van der Waals surface area contributed by atoms with E-state index in [1.807, 2.05) is 37.3 Å². The summed E-state index contributed by atoms with van der Waals surface area (Å²) in [6.07, 6.45) is 3.01. The standard InChI is InChI=1S/C16H18O3S/c1-12(18)19-14-10-16(2,11-17)9-8-15(14)20-13-6-4-3-5-7-13/h3-7,11H,8-10H2,1-2H3. The summed E-state index contributed by atoms with van der Waals surface area (Å²) in [7, 11) is 0. The van der Waals surface area contributed by atoms with Gasteiger partial charge in [-0.2, -0.15) is 0 Å². The van der Waals surface area contributed by atoms with Gasteiger partial charge in [0.25, 0.3) is 0 Å². The molecule has 1 atom stereocenters. The number of aldehydes is 1. The average Bonchev–Trinajstić information content (AvgIpc) is 2.43. The summed E-state index contributed by atoms with van der Waals surface area (Å²) in [5.41, 5.74) is -0.425. The van der Waals surface area contributed by atoms with E-state index in [0.717, 1.165) is 28.9 Å². The molecular formula is C16H18O3S. The van der Waals surface area contributed by atoms with Gasteiger partial charge in [0.2, 0.25) is 0 Å². The molecule has 1 aliphatic carbocycles. The minimum Gasteiger partial charge on any atom is -0.430 e. The lowest BCUT2D eigenvalue weighted by molar-refractivity contribution is -0.138. The first kappa shape index (κ1) is 14.9.